The summed E-state index contributed by atoms with van der Waals surface area (Å²) in [6.45, 7) is 12.2. The molecule has 0 aromatic heterocycles. The van der Waals surface area contributed by atoms with Crippen molar-refractivity contribution < 1.29 is 4.92 Å². The molecular formula is C21H26N2O2. The number of nitro groups is 1. The smallest absolute Gasteiger partial charge is 0.269 e. The molecule has 0 aliphatic carbocycles. The summed E-state index contributed by atoms with van der Waals surface area (Å²) in [5.74, 6) is 0.648. The molecule has 0 N–H and O–H groups in total. The monoisotopic (exact) mass is 338 g/mol. The van der Waals surface area contributed by atoms with Gasteiger partial charge >= 0.3 is 0 Å². The molecule has 4 heteroatoms. The zero-order chi connectivity index (χ0) is 18.2. The van der Waals surface area contributed by atoms with E-state index in [1.165, 1.54) is 16.7 Å². The Labute approximate surface area is 149 Å². The molecule has 1 heterocycles. The Bertz CT molecular complexity index is 779. The fraction of sp³-hybridized carbons (Fsp3) is 0.429. The molecule has 0 unspecified atom stereocenters. The molecule has 0 fully saturated rings. The number of hydrogen-bond donors (Lipinski definition) is 0. The van der Waals surface area contributed by atoms with Gasteiger partial charge in [0.1, 0.15) is 0 Å². The van der Waals surface area contributed by atoms with Crippen LogP contribution in [-0.2, 0) is 12.0 Å². The number of nitro benzene ring substituents is 1. The Morgan fingerprint density at radius 3 is 2.44 bits per heavy atom. The second-order valence-electron chi connectivity index (χ2n) is 8.09. The van der Waals surface area contributed by atoms with E-state index in [0.29, 0.717) is 5.92 Å². The van der Waals surface area contributed by atoms with E-state index >= 15 is 0 Å². The third kappa shape index (κ3) is 3.59. The van der Waals surface area contributed by atoms with Crippen molar-refractivity contribution in [1.82, 2.24) is 4.90 Å². The Morgan fingerprint density at radius 2 is 1.84 bits per heavy atom. The highest BCUT2D eigenvalue weighted by Crippen LogP contribution is 2.40. The summed E-state index contributed by atoms with van der Waals surface area (Å²) in [4.78, 5) is 13.1. The number of nitrogens with zero attached hydrogens (tertiary/aromatic N) is 2. The minimum atomic E-state index is -0.349. The van der Waals surface area contributed by atoms with Gasteiger partial charge in [0.05, 0.1) is 4.92 Å². The van der Waals surface area contributed by atoms with Crippen LogP contribution in [-0.4, -0.2) is 22.9 Å². The molecule has 2 aromatic carbocycles. The molecule has 3 rings (SSSR count). The Kier molecular flexibility index (Phi) is 4.65. The van der Waals surface area contributed by atoms with E-state index < -0.39 is 0 Å². The van der Waals surface area contributed by atoms with Gasteiger partial charge in [-0.25, -0.2) is 0 Å². The van der Waals surface area contributed by atoms with Crippen LogP contribution in [0.25, 0.3) is 11.1 Å². The minimum absolute atomic E-state index is 0.0425. The quantitative estimate of drug-likeness (QED) is 0.581. The lowest BCUT2D eigenvalue weighted by Gasteiger charge is -2.42. The van der Waals surface area contributed by atoms with Crippen LogP contribution in [0.15, 0.2) is 42.5 Å². The second-order valence-corrected chi connectivity index (χ2v) is 8.09. The van der Waals surface area contributed by atoms with E-state index in [9.17, 15) is 10.1 Å². The average molecular weight is 338 g/mol. The van der Waals surface area contributed by atoms with Crippen LogP contribution in [0, 0.1) is 16.0 Å². The molecule has 0 bridgehead atoms. The molecule has 4 nitrogen and oxygen atoms in total. The first-order valence-electron chi connectivity index (χ1n) is 8.87. The van der Waals surface area contributed by atoms with Gasteiger partial charge in [-0.2, -0.15) is 0 Å². The molecule has 0 saturated carbocycles. The van der Waals surface area contributed by atoms with Crippen molar-refractivity contribution in [2.24, 2.45) is 5.92 Å². The number of benzene rings is 2. The van der Waals surface area contributed by atoms with E-state index in [-0.39, 0.29) is 16.0 Å². The molecule has 0 radical (unpaired) electrons. The molecule has 132 valence electrons. The van der Waals surface area contributed by atoms with Crippen molar-refractivity contribution in [3.05, 3.63) is 63.7 Å². The SMILES string of the molecule is CC(C)CN1Cc2cccc(-c3ccc([N+](=O)[O-])cc3)c2C(C)(C)C1. The number of hydrogen-bond acceptors (Lipinski definition) is 3. The second kappa shape index (κ2) is 6.60. The highest BCUT2D eigenvalue weighted by Gasteiger charge is 2.34. The van der Waals surface area contributed by atoms with Crippen LogP contribution in [0.3, 0.4) is 0 Å². The lowest BCUT2D eigenvalue weighted by atomic mass is 9.74. The van der Waals surface area contributed by atoms with Gasteiger partial charge in [0.25, 0.3) is 5.69 Å². The van der Waals surface area contributed by atoms with Crippen LogP contribution in [0.4, 0.5) is 5.69 Å². The summed E-state index contributed by atoms with van der Waals surface area (Å²) in [5.41, 5.74) is 5.17. The third-order valence-electron chi connectivity index (χ3n) is 4.85. The largest absolute Gasteiger partial charge is 0.298 e. The Balaban J connectivity index is 2.03. The Morgan fingerprint density at radius 1 is 1.16 bits per heavy atom. The maximum atomic E-state index is 10.9. The standard InChI is InChI=1S/C21H26N2O2/c1-15(2)12-22-13-17-6-5-7-19(20(17)21(3,4)14-22)16-8-10-18(11-9-16)23(24)25/h5-11,15H,12-14H2,1-4H3. The highest BCUT2D eigenvalue weighted by atomic mass is 16.6. The van der Waals surface area contributed by atoms with Gasteiger partial charge in [0, 0.05) is 37.2 Å². The molecule has 0 amide bonds. The van der Waals surface area contributed by atoms with Crippen LogP contribution in [0.2, 0.25) is 0 Å². The predicted molar refractivity (Wildman–Crippen MR) is 102 cm³/mol. The lowest BCUT2D eigenvalue weighted by Crippen LogP contribution is -2.43. The van der Waals surface area contributed by atoms with E-state index in [1.54, 1.807) is 12.1 Å². The summed E-state index contributed by atoms with van der Waals surface area (Å²) in [6, 6.07) is 13.4. The zero-order valence-electron chi connectivity index (χ0n) is 15.5. The van der Waals surface area contributed by atoms with Gasteiger partial charge < -0.3 is 0 Å². The van der Waals surface area contributed by atoms with Gasteiger partial charge in [-0.1, -0.05) is 45.9 Å². The van der Waals surface area contributed by atoms with Gasteiger partial charge in [0.2, 0.25) is 0 Å². The molecule has 1 aliphatic rings. The Hall–Kier alpha value is -2.20. The van der Waals surface area contributed by atoms with Crippen molar-refractivity contribution in [3.63, 3.8) is 0 Å². The number of rotatable bonds is 4. The first-order valence-corrected chi connectivity index (χ1v) is 8.87. The van der Waals surface area contributed by atoms with Crippen molar-refractivity contribution in [2.75, 3.05) is 13.1 Å². The van der Waals surface area contributed by atoms with Crippen molar-refractivity contribution in [1.29, 1.82) is 0 Å². The molecular weight excluding hydrogens is 312 g/mol. The zero-order valence-corrected chi connectivity index (χ0v) is 15.5. The summed E-state index contributed by atoms with van der Waals surface area (Å²) >= 11 is 0. The maximum Gasteiger partial charge on any atom is 0.269 e. The first-order chi connectivity index (χ1) is 11.8. The van der Waals surface area contributed by atoms with Crippen LogP contribution < -0.4 is 0 Å². The molecule has 0 spiro atoms. The molecule has 25 heavy (non-hydrogen) atoms. The van der Waals surface area contributed by atoms with Gasteiger partial charge in [-0.3, -0.25) is 15.0 Å². The summed E-state index contributed by atoms with van der Waals surface area (Å²) < 4.78 is 0. The lowest BCUT2D eigenvalue weighted by molar-refractivity contribution is -0.384. The van der Waals surface area contributed by atoms with E-state index in [1.807, 2.05) is 12.1 Å². The van der Waals surface area contributed by atoms with Crippen LogP contribution >= 0.6 is 0 Å². The van der Waals surface area contributed by atoms with Crippen molar-refractivity contribution >= 4 is 5.69 Å². The summed E-state index contributed by atoms with van der Waals surface area (Å²) in [6.07, 6.45) is 0. The maximum absolute atomic E-state index is 10.9. The van der Waals surface area contributed by atoms with E-state index in [0.717, 1.165) is 25.2 Å². The highest BCUT2D eigenvalue weighted by molar-refractivity contribution is 5.71. The fourth-order valence-corrected chi connectivity index (χ4v) is 4.11. The molecule has 0 saturated heterocycles. The molecule has 0 atom stereocenters. The average Bonchev–Trinajstić information content (AvgIpc) is 2.53. The van der Waals surface area contributed by atoms with E-state index in [4.69, 9.17) is 0 Å². The van der Waals surface area contributed by atoms with Crippen molar-refractivity contribution in [3.8, 4) is 11.1 Å². The number of non-ortho nitro benzene ring substituents is 1. The normalized spacial score (nSPS) is 16.7. The van der Waals surface area contributed by atoms with Gasteiger partial charge in [-0.05, 0) is 40.3 Å². The fourth-order valence-electron chi connectivity index (χ4n) is 4.11. The predicted octanol–water partition coefficient (Wildman–Crippen LogP) is 5.01. The van der Waals surface area contributed by atoms with E-state index in [2.05, 4.69) is 50.8 Å². The summed E-state index contributed by atoms with van der Waals surface area (Å²) in [5, 5.41) is 10.9. The van der Waals surface area contributed by atoms with Crippen molar-refractivity contribution in [2.45, 2.75) is 39.7 Å². The molecule has 1 aliphatic heterocycles. The van der Waals surface area contributed by atoms with Gasteiger partial charge in [-0.15, -0.1) is 0 Å². The summed E-state index contributed by atoms with van der Waals surface area (Å²) in [7, 11) is 0. The third-order valence-corrected chi connectivity index (χ3v) is 4.85. The van der Waals surface area contributed by atoms with Gasteiger partial charge in [0.15, 0.2) is 0 Å². The minimum Gasteiger partial charge on any atom is -0.298 e. The van der Waals surface area contributed by atoms with Crippen LogP contribution in [0.5, 0.6) is 0 Å². The first kappa shape index (κ1) is 17.6. The van der Waals surface area contributed by atoms with Crippen LogP contribution in [0.1, 0.15) is 38.8 Å². The topological polar surface area (TPSA) is 46.4 Å². The molecule has 2 aromatic rings. The number of fused-ring (bicyclic) bond motifs is 1.